The molecule has 49 heteroatoms. The molecule has 9 rings (SSSR count). The van der Waals surface area contributed by atoms with Gasteiger partial charge >= 0.3 is 0 Å². The lowest BCUT2D eigenvalue weighted by atomic mass is 9.96. The maximum Gasteiger partial charge on any atom is 0.187 e. The molecule has 9 aliphatic heterocycles. The third-order valence-corrected chi connectivity index (χ3v) is 23.7. The number of azide groups is 1. The van der Waals surface area contributed by atoms with Gasteiger partial charge in [-0.2, -0.15) is 0 Å². The van der Waals surface area contributed by atoms with Crippen LogP contribution in [0.4, 0.5) is 0 Å². The zero-order valence-corrected chi connectivity index (χ0v) is 57.4. The Morgan fingerprint density at radius 1 is 0.267 bits per heavy atom. The molecule has 9 saturated heterocycles. The van der Waals surface area contributed by atoms with E-state index >= 15 is 0 Å². The van der Waals surface area contributed by atoms with Crippen molar-refractivity contribution in [3.8, 4) is 0 Å². The van der Waals surface area contributed by atoms with Gasteiger partial charge in [0.05, 0.1) is 100 Å². The highest BCUT2D eigenvalue weighted by Gasteiger charge is 2.60. The highest BCUT2D eigenvalue weighted by molar-refractivity contribution is 8.01. The van der Waals surface area contributed by atoms with E-state index in [1.54, 1.807) is 0 Å². The second-order valence-electron chi connectivity index (χ2n) is 26.1. The van der Waals surface area contributed by atoms with Crippen LogP contribution in [0.15, 0.2) is 5.11 Å². The van der Waals surface area contributed by atoms with Crippen molar-refractivity contribution in [2.24, 2.45) is 5.11 Å². The molecule has 610 valence electrons. The van der Waals surface area contributed by atoms with Gasteiger partial charge in [-0.15, -0.1) is 35.3 Å². The predicted octanol–water partition coefficient (Wildman–Crippen LogP) is -17.1. The summed E-state index contributed by atoms with van der Waals surface area (Å²) < 4.78 is 88.7. The van der Waals surface area contributed by atoms with Crippen LogP contribution in [0.5, 0.6) is 0 Å². The van der Waals surface area contributed by atoms with E-state index < -0.39 is 344 Å². The molecular formula is C56H95N3O43S3. The second kappa shape index (κ2) is 39.1. The van der Waals surface area contributed by atoms with Crippen LogP contribution in [0.2, 0.25) is 0 Å². The molecule has 9 aliphatic rings. The van der Waals surface area contributed by atoms with Gasteiger partial charge < -0.3 is 214 Å². The minimum absolute atomic E-state index is 0.378. The molecular weight excluding hydrogens is 1500 g/mol. The summed E-state index contributed by atoms with van der Waals surface area (Å²) in [5.41, 5.74) is 3.99. The molecule has 0 saturated carbocycles. The van der Waals surface area contributed by atoms with Gasteiger partial charge in [-0.05, 0) is 5.53 Å². The highest BCUT2D eigenvalue weighted by atomic mass is 32.2. The van der Waals surface area contributed by atoms with Crippen molar-refractivity contribution in [1.82, 2.24) is 0 Å². The van der Waals surface area contributed by atoms with Crippen LogP contribution in [0.1, 0.15) is 0 Å². The van der Waals surface area contributed by atoms with Crippen molar-refractivity contribution in [3.63, 3.8) is 0 Å². The van der Waals surface area contributed by atoms with E-state index in [2.05, 4.69) is 10.0 Å². The third-order valence-electron chi connectivity index (χ3n) is 19.3. The zero-order valence-electron chi connectivity index (χ0n) is 55.0. The third kappa shape index (κ3) is 19.2. The number of rotatable bonds is 29. The van der Waals surface area contributed by atoms with Gasteiger partial charge in [-0.1, -0.05) is 5.11 Å². The van der Waals surface area contributed by atoms with Crippen molar-refractivity contribution in [1.29, 1.82) is 0 Å². The first-order valence-corrected chi connectivity index (χ1v) is 36.0. The molecule has 9 heterocycles. The molecule has 0 aromatic rings. The Hall–Kier alpha value is -1.36. The van der Waals surface area contributed by atoms with E-state index in [0.29, 0.717) is 35.3 Å². The van der Waals surface area contributed by atoms with Crippen LogP contribution in [0.25, 0.3) is 10.4 Å². The Labute approximate surface area is 606 Å². The van der Waals surface area contributed by atoms with Crippen molar-refractivity contribution >= 4 is 35.3 Å². The van der Waals surface area contributed by atoms with E-state index in [9.17, 15) is 143 Å². The molecule has 0 spiro atoms. The molecule has 0 radical (unpaired) electrons. The minimum Gasteiger partial charge on any atom is -0.394 e. The van der Waals surface area contributed by atoms with Crippen LogP contribution in [0, 0.1) is 0 Å². The molecule has 0 aliphatic carbocycles. The summed E-state index contributed by atoms with van der Waals surface area (Å²) in [4.78, 5) is 2.63. The molecule has 0 amide bonds. The normalized spacial score (nSPS) is 51.6. The Morgan fingerprint density at radius 2 is 0.543 bits per heavy atom. The second-order valence-corrected chi connectivity index (χ2v) is 29.9. The summed E-state index contributed by atoms with van der Waals surface area (Å²) >= 11 is 1.21. The lowest BCUT2D eigenvalue weighted by molar-refractivity contribution is -0.384. The predicted molar refractivity (Wildman–Crippen MR) is 334 cm³/mol. The topological polar surface area (TPSA) is 754 Å². The summed E-state index contributed by atoms with van der Waals surface area (Å²) in [5, 5.41) is 306. The maximum atomic E-state index is 12.4. The van der Waals surface area contributed by atoms with E-state index in [0.717, 1.165) is 0 Å². The fraction of sp³-hybridized carbons (Fsp3) is 1.00. The molecule has 0 aromatic heterocycles. The van der Waals surface area contributed by atoms with E-state index in [-0.39, 0.29) is 0 Å². The van der Waals surface area contributed by atoms with Crippen molar-refractivity contribution < 1.29 is 214 Å². The quantitative estimate of drug-likeness (QED) is 0.0143. The summed E-state index contributed by atoms with van der Waals surface area (Å²) in [5.74, 6) is 0. The molecule has 45 atom stereocenters. The van der Waals surface area contributed by atoms with Crippen LogP contribution < -0.4 is 0 Å². The fourth-order valence-corrected chi connectivity index (χ4v) is 17.3. The summed E-state index contributed by atoms with van der Waals surface area (Å²) in [6.07, 6.45) is -77.6. The monoisotopic (exact) mass is 1590 g/mol. The summed E-state index contributed by atoms with van der Waals surface area (Å²) in [6.45, 7) is -10.0. The highest BCUT2D eigenvalue weighted by Crippen LogP contribution is 2.45. The average molecular weight is 1590 g/mol. The smallest absolute Gasteiger partial charge is 0.187 e. The van der Waals surface area contributed by atoms with Gasteiger partial charge in [0, 0.05) is 11.5 Å². The zero-order chi connectivity index (χ0) is 76.9. The average Bonchev–Trinajstić information content (AvgIpc) is 0.778. The van der Waals surface area contributed by atoms with Crippen molar-refractivity contribution in [2.45, 2.75) is 271 Å². The van der Waals surface area contributed by atoms with Crippen molar-refractivity contribution in [2.75, 3.05) is 72.6 Å². The van der Waals surface area contributed by atoms with Crippen LogP contribution >= 0.6 is 35.3 Å². The van der Waals surface area contributed by atoms with Gasteiger partial charge in [0.2, 0.25) is 0 Å². The van der Waals surface area contributed by atoms with Gasteiger partial charge in [-0.25, -0.2) is 0 Å². The molecule has 18 unspecified atom stereocenters. The van der Waals surface area contributed by atoms with Gasteiger partial charge in [0.25, 0.3) is 0 Å². The minimum atomic E-state index is -2.38. The maximum absolute atomic E-state index is 12.4. The SMILES string of the molecule is [N-]=[N+]=NCCO[C@@H]1OC(CO[C@H]2OC(CO[C@H]3OC(CO)[C@@H](O)[C@H](O)C3S[C@H]3OC(CO)[C@@H](O)[C@H](O)C3O)[C@@H](O)[C@H](O[C@H]3O[C@@H](CO)[C@@H](O)C(O)C3S[C@H]3O[C@@H](CO)[C@@H](O)C(O)C3O)C2O)[C@@H](O)[C@H](O[C@H]2O[C@@H](CO)[C@@H](O)C(O)C2O[C@H]2O[C@@H](CO)[C@@H](O)C(O)C2S[C@H]2O[C@@H](CO)[C@@H](O)C(O)C2O)C1O. The van der Waals surface area contributed by atoms with Crippen LogP contribution in [-0.4, -0.2) is 487 Å². The number of aliphatic hydroxyl groups is 28. The number of aliphatic hydroxyl groups excluding tert-OH is 28. The number of hydrogen-bond acceptors (Lipinski definition) is 47. The summed E-state index contributed by atoms with van der Waals surface area (Å²) in [6, 6.07) is 0. The Morgan fingerprint density at radius 3 is 0.905 bits per heavy atom. The molecule has 46 nitrogen and oxygen atoms in total. The molecule has 0 aromatic carbocycles. The summed E-state index contributed by atoms with van der Waals surface area (Å²) in [7, 11) is 0. The first-order valence-electron chi connectivity index (χ1n) is 33.2. The lowest BCUT2D eigenvalue weighted by Gasteiger charge is -2.50. The van der Waals surface area contributed by atoms with E-state index in [1.165, 1.54) is 0 Å². The largest absolute Gasteiger partial charge is 0.394 e. The number of nitrogens with zero attached hydrogens (tertiary/aromatic N) is 3. The molecule has 105 heavy (non-hydrogen) atoms. The van der Waals surface area contributed by atoms with Gasteiger partial charge in [-0.3, -0.25) is 0 Å². The van der Waals surface area contributed by atoms with Gasteiger partial charge in [0.1, 0.15) is 199 Å². The van der Waals surface area contributed by atoms with Crippen LogP contribution in [0.3, 0.4) is 0 Å². The molecule has 0 bridgehead atoms. The molecule has 28 N–H and O–H groups in total. The van der Waals surface area contributed by atoms with Gasteiger partial charge in [0.15, 0.2) is 37.7 Å². The number of ether oxygens (including phenoxy) is 15. The first kappa shape index (κ1) is 87.6. The number of hydrogen-bond donors (Lipinski definition) is 28. The standard InChI is InChI=1S/C56H95N3O43S3/c57-59-58-1-2-88-48-40(86)42(100-50-44(33(79)24(70)12(3-60)91-50)102-53-47(36(82)27(73)15(6-63)94-53)105-56-39(85)32(78)23(69)18(9-66)99-56)28(74)19(95-48)10-89-49-41(87)43(101-52-46(35(81)26(72)14(5-62)93-52)104-55-38(84)31(77)22(68)17(8-65)98-55)29(75)20(96-49)11-90-51-45(34(80)25(71)13(4-61)92-51)103-54-37(83)30(76)21(67)16(7-64)97-54/h12-56,60-87H,1-11H2/t12-,13?,14-,15-,16?,17-,18-,19?,20?,21+,22+,23+,24+,25+,26+,27+,28+,29+,30-,31?,32?,33?,34-,35?,36?,37?,38?,39?,40?,41?,42-,43-,44?,45?,46?,47?,48+,49-,50+,51-,52+,53+,54+,55+,56+/m0/s1. The van der Waals surface area contributed by atoms with E-state index in [1.807, 2.05) is 0 Å². The molecule has 9 fully saturated rings. The Balaban J connectivity index is 1.02. The Kier molecular flexibility index (Phi) is 32.6. The van der Waals surface area contributed by atoms with Crippen LogP contribution in [-0.2, 0) is 71.1 Å². The lowest BCUT2D eigenvalue weighted by Crippen LogP contribution is -2.67. The first-order chi connectivity index (χ1) is 49.9. The number of thioether (sulfide) groups is 3. The Bertz CT molecular complexity index is 2680. The van der Waals surface area contributed by atoms with E-state index in [4.69, 9.17) is 76.6 Å². The van der Waals surface area contributed by atoms with Crippen molar-refractivity contribution in [3.05, 3.63) is 10.4 Å². The fourth-order valence-electron chi connectivity index (χ4n) is 13.0.